The maximum Gasteiger partial charge on any atom is 0.345 e. The second-order valence-corrected chi connectivity index (χ2v) is 7.00. The van der Waals surface area contributed by atoms with E-state index in [9.17, 15) is 4.79 Å². The molecule has 0 radical (unpaired) electrons. The first-order valence-electron chi connectivity index (χ1n) is 9.47. The number of likely N-dealkylation sites (tertiary alicyclic amines) is 1. The average Bonchev–Trinajstić information content (AvgIpc) is 3.27. The summed E-state index contributed by atoms with van der Waals surface area (Å²) in [6.07, 6.45) is 7.68. The Kier molecular flexibility index (Phi) is 4.89. The van der Waals surface area contributed by atoms with E-state index in [1.165, 1.54) is 4.68 Å². The Morgan fingerprint density at radius 1 is 1.22 bits per heavy atom. The molecular formula is C19H25N7O. The standard InChI is InChI=1S/C19H25N7O/c1-3-25-17(22-23(2)19(25)27)15-7-4-11-24(13-15)14-16-8-5-12-26(16)18-20-9-6-10-21-18/h5-6,8-10,12,15H,3-4,7,11,13-14H2,1-2H3/t15-/m0/s1. The van der Waals surface area contributed by atoms with Crippen molar-refractivity contribution in [3.8, 4) is 5.95 Å². The molecule has 0 N–H and O–H groups in total. The molecule has 0 bridgehead atoms. The van der Waals surface area contributed by atoms with Crippen molar-refractivity contribution in [3.05, 3.63) is 58.8 Å². The number of aromatic nitrogens is 6. The smallest absolute Gasteiger partial charge is 0.297 e. The van der Waals surface area contributed by atoms with Gasteiger partial charge in [0.25, 0.3) is 0 Å². The van der Waals surface area contributed by atoms with Gasteiger partial charge >= 0.3 is 5.69 Å². The summed E-state index contributed by atoms with van der Waals surface area (Å²) in [5.74, 6) is 1.89. The topological polar surface area (TPSA) is 73.8 Å². The van der Waals surface area contributed by atoms with Gasteiger partial charge in [-0.15, -0.1) is 0 Å². The van der Waals surface area contributed by atoms with Crippen LogP contribution in [0.2, 0.25) is 0 Å². The Hall–Kier alpha value is -2.74. The van der Waals surface area contributed by atoms with Crippen LogP contribution in [0.4, 0.5) is 0 Å². The first kappa shape index (κ1) is 17.7. The Morgan fingerprint density at radius 3 is 2.81 bits per heavy atom. The van der Waals surface area contributed by atoms with E-state index in [-0.39, 0.29) is 11.6 Å². The number of piperidine rings is 1. The lowest BCUT2D eigenvalue weighted by molar-refractivity contribution is 0.191. The Balaban J connectivity index is 1.53. The molecule has 1 aliphatic rings. The van der Waals surface area contributed by atoms with Crippen LogP contribution in [0.3, 0.4) is 0 Å². The normalized spacial score (nSPS) is 18.1. The lowest BCUT2D eigenvalue weighted by Crippen LogP contribution is -2.36. The zero-order valence-electron chi connectivity index (χ0n) is 15.8. The minimum atomic E-state index is -0.0280. The molecule has 0 saturated carbocycles. The van der Waals surface area contributed by atoms with Gasteiger partial charge in [-0.2, -0.15) is 5.10 Å². The first-order valence-corrected chi connectivity index (χ1v) is 9.47. The molecule has 8 nitrogen and oxygen atoms in total. The van der Waals surface area contributed by atoms with Gasteiger partial charge in [-0.05, 0) is 44.5 Å². The summed E-state index contributed by atoms with van der Waals surface area (Å²) in [5, 5.41) is 4.52. The van der Waals surface area contributed by atoms with Gasteiger partial charge in [0.2, 0.25) is 5.95 Å². The first-order chi connectivity index (χ1) is 13.2. The van der Waals surface area contributed by atoms with E-state index >= 15 is 0 Å². The predicted molar refractivity (Wildman–Crippen MR) is 102 cm³/mol. The quantitative estimate of drug-likeness (QED) is 0.684. The Morgan fingerprint density at radius 2 is 2.04 bits per heavy atom. The fourth-order valence-electron chi connectivity index (χ4n) is 3.92. The van der Waals surface area contributed by atoms with Crippen molar-refractivity contribution in [3.63, 3.8) is 0 Å². The second kappa shape index (κ2) is 7.48. The van der Waals surface area contributed by atoms with Crippen LogP contribution >= 0.6 is 0 Å². The molecule has 142 valence electrons. The Labute approximate surface area is 158 Å². The van der Waals surface area contributed by atoms with Crippen LogP contribution in [-0.4, -0.2) is 46.9 Å². The van der Waals surface area contributed by atoms with Crippen LogP contribution in [0.5, 0.6) is 0 Å². The van der Waals surface area contributed by atoms with Crippen molar-refractivity contribution in [2.24, 2.45) is 7.05 Å². The van der Waals surface area contributed by atoms with E-state index in [1.54, 1.807) is 24.0 Å². The molecule has 27 heavy (non-hydrogen) atoms. The van der Waals surface area contributed by atoms with Crippen LogP contribution in [0, 0.1) is 0 Å². The molecule has 1 fully saturated rings. The summed E-state index contributed by atoms with van der Waals surface area (Å²) in [6.45, 7) is 5.43. The molecule has 4 rings (SSSR count). The van der Waals surface area contributed by atoms with Crippen molar-refractivity contribution in [2.75, 3.05) is 13.1 Å². The van der Waals surface area contributed by atoms with Crippen molar-refractivity contribution in [2.45, 2.75) is 38.8 Å². The zero-order valence-corrected chi connectivity index (χ0v) is 15.8. The molecule has 0 spiro atoms. The highest BCUT2D eigenvalue weighted by Gasteiger charge is 2.27. The molecule has 3 aromatic heterocycles. The van der Waals surface area contributed by atoms with Gasteiger partial charge in [0.1, 0.15) is 5.82 Å². The van der Waals surface area contributed by atoms with Gasteiger partial charge in [0.05, 0.1) is 0 Å². The molecule has 1 saturated heterocycles. The molecule has 1 aliphatic heterocycles. The summed E-state index contributed by atoms with van der Waals surface area (Å²) < 4.78 is 5.29. The SMILES string of the molecule is CCn1c([C@H]2CCCN(Cc3cccn3-c3ncccn3)C2)nn(C)c1=O. The summed E-state index contributed by atoms with van der Waals surface area (Å²) in [5.41, 5.74) is 1.13. The molecule has 0 amide bonds. The van der Waals surface area contributed by atoms with E-state index < -0.39 is 0 Å². The summed E-state index contributed by atoms with van der Waals surface area (Å²) in [7, 11) is 1.73. The number of hydrogen-bond acceptors (Lipinski definition) is 5. The summed E-state index contributed by atoms with van der Waals surface area (Å²) >= 11 is 0. The minimum Gasteiger partial charge on any atom is -0.297 e. The zero-order chi connectivity index (χ0) is 18.8. The average molecular weight is 367 g/mol. The third kappa shape index (κ3) is 3.44. The van der Waals surface area contributed by atoms with Gasteiger partial charge in [0, 0.05) is 56.9 Å². The lowest BCUT2D eigenvalue weighted by Gasteiger charge is -2.32. The largest absolute Gasteiger partial charge is 0.345 e. The third-order valence-corrected chi connectivity index (χ3v) is 5.21. The number of hydrogen-bond donors (Lipinski definition) is 0. The maximum atomic E-state index is 12.2. The molecule has 0 unspecified atom stereocenters. The van der Waals surface area contributed by atoms with Crippen LogP contribution in [0.25, 0.3) is 5.95 Å². The summed E-state index contributed by atoms with van der Waals surface area (Å²) in [4.78, 5) is 23.4. The number of aryl methyl sites for hydroxylation is 1. The molecule has 0 aromatic carbocycles. The maximum absolute atomic E-state index is 12.2. The highest BCUT2D eigenvalue weighted by molar-refractivity contribution is 5.20. The second-order valence-electron chi connectivity index (χ2n) is 7.00. The van der Waals surface area contributed by atoms with Gasteiger partial charge < -0.3 is 0 Å². The molecule has 8 heteroatoms. The van der Waals surface area contributed by atoms with Crippen LogP contribution < -0.4 is 5.69 Å². The molecular weight excluding hydrogens is 342 g/mol. The van der Waals surface area contributed by atoms with Crippen molar-refractivity contribution in [1.82, 2.24) is 33.8 Å². The van der Waals surface area contributed by atoms with E-state index in [1.807, 2.05) is 29.8 Å². The van der Waals surface area contributed by atoms with Gasteiger partial charge in [-0.25, -0.2) is 19.4 Å². The fraction of sp³-hybridized carbons (Fsp3) is 0.474. The van der Waals surface area contributed by atoms with Gasteiger partial charge in [-0.3, -0.25) is 14.0 Å². The predicted octanol–water partition coefficient (Wildman–Crippen LogP) is 1.56. The van der Waals surface area contributed by atoms with Crippen molar-refractivity contribution >= 4 is 0 Å². The van der Waals surface area contributed by atoms with E-state index in [0.29, 0.717) is 12.5 Å². The van der Waals surface area contributed by atoms with Gasteiger partial charge in [-0.1, -0.05) is 0 Å². The molecule has 3 aromatic rings. The van der Waals surface area contributed by atoms with Crippen molar-refractivity contribution < 1.29 is 0 Å². The van der Waals surface area contributed by atoms with E-state index in [2.05, 4.69) is 26.0 Å². The molecule has 1 atom stereocenters. The lowest BCUT2D eigenvalue weighted by atomic mass is 9.97. The molecule has 0 aliphatic carbocycles. The number of rotatable bonds is 5. The van der Waals surface area contributed by atoms with Crippen molar-refractivity contribution in [1.29, 1.82) is 0 Å². The van der Waals surface area contributed by atoms with Gasteiger partial charge in [0.15, 0.2) is 0 Å². The molecule has 4 heterocycles. The summed E-state index contributed by atoms with van der Waals surface area (Å²) in [6, 6.07) is 5.96. The van der Waals surface area contributed by atoms with E-state index in [0.717, 1.165) is 44.0 Å². The highest BCUT2D eigenvalue weighted by Crippen LogP contribution is 2.26. The monoisotopic (exact) mass is 367 g/mol. The minimum absolute atomic E-state index is 0.0280. The van der Waals surface area contributed by atoms with Crippen LogP contribution in [-0.2, 0) is 20.1 Å². The third-order valence-electron chi connectivity index (χ3n) is 5.21. The highest BCUT2D eigenvalue weighted by atomic mass is 16.2. The van der Waals surface area contributed by atoms with E-state index in [4.69, 9.17) is 0 Å². The Bertz CT molecular complexity index is 956. The fourth-order valence-corrected chi connectivity index (χ4v) is 3.92. The van der Waals surface area contributed by atoms with Crippen LogP contribution in [0.1, 0.15) is 37.2 Å². The number of nitrogens with zero attached hydrogens (tertiary/aromatic N) is 7. The van der Waals surface area contributed by atoms with Crippen LogP contribution in [0.15, 0.2) is 41.6 Å².